The summed E-state index contributed by atoms with van der Waals surface area (Å²) in [6, 6.07) is 5.48. The first-order chi connectivity index (χ1) is 12.8. The molecule has 2 heterocycles. The summed E-state index contributed by atoms with van der Waals surface area (Å²) in [6.07, 6.45) is 3.27. The molecule has 2 aliphatic heterocycles. The molecule has 1 fully saturated rings. The van der Waals surface area contributed by atoms with E-state index >= 15 is 0 Å². The van der Waals surface area contributed by atoms with E-state index in [0.29, 0.717) is 17.6 Å². The van der Waals surface area contributed by atoms with Gasteiger partial charge in [0, 0.05) is 12.1 Å². The van der Waals surface area contributed by atoms with Gasteiger partial charge in [0.2, 0.25) is 5.91 Å². The molecule has 1 N–H and O–H groups in total. The first-order valence-electron chi connectivity index (χ1n) is 8.62. The first kappa shape index (κ1) is 18.8. The summed E-state index contributed by atoms with van der Waals surface area (Å²) >= 11 is 0. The number of nitro groups is 1. The fraction of sp³-hybridized carbons (Fsp3) is 0.368. The Morgan fingerprint density at radius 2 is 2.11 bits per heavy atom. The summed E-state index contributed by atoms with van der Waals surface area (Å²) in [4.78, 5) is 36.6. The zero-order chi connectivity index (χ0) is 19.7. The third kappa shape index (κ3) is 3.35. The van der Waals surface area contributed by atoms with Gasteiger partial charge in [-0.05, 0) is 43.5 Å². The molecule has 8 nitrogen and oxygen atoms in total. The number of aliphatic hydroxyl groups excluding tert-OH is 1. The average Bonchev–Trinajstić information content (AvgIpc) is 2.94. The number of hydrogen-bond donors (Lipinski definition) is 1. The lowest BCUT2D eigenvalue weighted by atomic mass is 9.83. The van der Waals surface area contributed by atoms with Crippen LogP contribution in [-0.4, -0.2) is 39.0 Å². The molecule has 1 saturated heterocycles. The van der Waals surface area contributed by atoms with Gasteiger partial charge in [-0.25, -0.2) is 4.79 Å². The van der Waals surface area contributed by atoms with Crippen molar-refractivity contribution in [3.8, 4) is 0 Å². The van der Waals surface area contributed by atoms with Crippen LogP contribution in [0.1, 0.15) is 25.8 Å². The molecule has 2 aliphatic rings. The Morgan fingerprint density at radius 1 is 1.44 bits per heavy atom. The van der Waals surface area contributed by atoms with Crippen LogP contribution in [0.2, 0.25) is 0 Å². The van der Waals surface area contributed by atoms with Crippen molar-refractivity contribution in [1.82, 2.24) is 4.90 Å². The van der Waals surface area contributed by atoms with E-state index in [4.69, 9.17) is 4.74 Å². The predicted octanol–water partition coefficient (Wildman–Crippen LogP) is 2.08. The van der Waals surface area contributed by atoms with Crippen molar-refractivity contribution < 1.29 is 24.4 Å². The highest BCUT2D eigenvalue weighted by atomic mass is 16.6. The number of nitrogens with zero attached hydrogens (tertiary/aromatic N) is 2. The number of β-lactam (4-membered cyclic amide) rings is 1. The van der Waals surface area contributed by atoms with E-state index in [9.17, 15) is 24.8 Å². The SMILES string of the molecule is CC=CC1=C(C(=O)OCc2ccc([N+](=O)[O-])cc2)N2C(=O)[C@H]([C@@H](C)O)[C@H]2C1. The molecule has 27 heavy (non-hydrogen) atoms. The van der Waals surface area contributed by atoms with Gasteiger partial charge in [0.05, 0.1) is 23.0 Å². The van der Waals surface area contributed by atoms with Gasteiger partial charge in [-0.2, -0.15) is 0 Å². The number of benzene rings is 1. The molecular weight excluding hydrogens is 352 g/mol. The van der Waals surface area contributed by atoms with E-state index in [1.807, 2.05) is 6.92 Å². The molecule has 0 aliphatic carbocycles. The summed E-state index contributed by atoms with van der Waals surface area (Å²) in [5.41, 5.74) is 1.47. The van der Waals surface area contributed by atoms with Crippen molar-refractivity contribution in [3.63, 3.8) is 0 Å². The van der Waals surface area contributed by atoms with E-state index in [1.165, 1.54) is 29.2 Å². The predicted molar refractivity (Wildman–Crippen MR) is 95.2 cm³/mol. The van der Waals surface area contributed by atoms with Crippen LogP contribution >= 0.6 is 0 Å². The Kier molecular flexibility index (Phi) is 5.09. The van der Waals surface area contributed by atoms with Gasteiger partial charge in [-0.1, -0.05) is 12.2 Å². The van der Waals surface area contributed by atoms with Gasteiger partial charge >= 0.3 is 5.97 Å². The highest BCUT2D eigenvalue weighted by molar-refractivity contribution is 6.00. The van der Waals surface area contributed by atoms with E-state index in [2.05, 4.69) is 0 Å². The second-order valence-corrected chi connectivity index (χ2v) is 6.62. The Balaban J connectivity index is 1.73. The topological polar surface area (TPSA) is 110 Å². The molecule has 0 saturated carbocycles. The maximum Gasteiger partial charge on any atom is 0.355 e. The second-order valence-electron chi connectivity index (χ2n) is 6.62. The molecule has 3 atom stereocenters. The van der Waals surface area contributed by atoms with Crippen molar-refractivity contribution in [2.75, 3.05) is 0 Å². The van der Waals surface area contributed by atoms with Crippen LogP contribution in [0.4, 0.5) is 5.69 Å². The van der Waals surface area contributed by atoms with Gasteiger partial charge in [0.25, 0.3) is 5.69 Å². The van der Waals surface area contributed by atoms with Gasteiger partial charge in [0.15, 0.2) is 0 Å². The smallest absolute Gasteiger partial charge is 0.355 e. The maximum absolute atomic E-state index is 12.6. The van der Waals surface area contributed by atoms with Crippen molar-refractivity contribution in [1.29, 1.82) is 0 Å². The lowest BCUT2D eigenvalue weighted by Crippen LogP contribution is -2.61. The molecule has 1 aromatic rings. The molecule has 1 aromatic carbocycles. The van der Waals surface area contributed by atoms with Crippen LogP contribution < -0.4 is 0 Å². The summed E-state index contributed by atoms with van der Waals surface area (Å²) in [7, 11) is 0. The lowest BCUT2D eigenvalue weighted by molar-refractivity contribution is -0.384. The third-order valence-electron chi connectivity index (χ3n) is 4.84. The molecule has 0 unspecified atom stereocenters. The molecule has 0 bridgehead atoms. The number of esters is 1. The maximum atomic E-state index is 12.6. The average molecular weight is 372 g/mol. The van der Waals surface area contributed by atoms with Gasteiger partial charge in [-0.3, -0.25) is 14.9 Å². The molecule has 8 heteroatoms. The number of allylic oxidation sites excluding steroid dienone is 2. The molecule has 0 aromatic heterocycles. The summed E-state index contributed by atoms with van der Waals surface area (Å²) < 4.78 is 5.33. The van der Waals surface area contributed by atoms with Crippen molar-refractivity contribution in [2.24, 2.45) is 5.92 Å². The quantitative estimate of drug-likeness (QED) is 0.354. The number of ether oxygens (including phenoxy) is 1. The number of amides is 1. The van der Waals surface area contributed by atoms with Crippen molar-refractivity contribution >= 4 is 17.6 Å². The number of carbonyl (C=O) groups excluding carboxylic acids is 2. The zero-order valence-electron chi connectivity index (χ0n) is 15.0. The van der Waals surface area contributed by atoms with Crippen LogP contribution in [0.5, 0.6) is 0 Å². The van der Waals surface area contributed by atoms with E-state index in [1.54, 1.807) is 19.1 Å². The largest absolute Gasteiger partial charge is 0.456 e. The number of fused-ring (bicyclic) bond motifs is 1. The fourth-order valence-electron chi connectivity index (χ4n) is 3.57. The summed E-state index contributed by atoms with van der Waals surface area (Å²) in [5, 5.41) is 20.5. The Morgan fingerprint density at radius 3 is 2.67 bits per heavy atom. The minimum Gasteiger partial charge on any atom is -0.456 e. The minimum atomic E-state index is -0.777. The van der Waals surface area contributed by atoms with E-state index in [0.717, 1.165) is 0 Å². The Bertz CT molecular complexity index is 840. The van der Waals surface area contributed by atoms with Crippen LogP contribution in [0.25, 0.3) is 0 Å². The normalized spacial score (nSPS) is 22.6. The van der Waals surface area contributed by atoms with Crippen LogP contribution in [0, 0.1) is 16.0 Å². The monoisotopic (exact) mass is 372 g/mol. The minimum absolute atomic E-state index is 0.0443. The van der Waals surface area contributed by atoms with Crippen LogP contribution in [-0.2, 0) is 20.9 Å². The first-order valence-corrected chi connectivity index (χ1v) is 8.62. The molecule has 0 radical (unpaired) electrons. The lowest BCUT2D eigenvalue weighted by Gasteiger charge is -2.44. The van der Waals surface area contributed by atoms with Crippen LogP contribution in [0.3, 0.4) is 0 Å². The van der Waals surface area contributed by atoms with Gasteiger partial charge in [-0.15, -0.1) is 0 Å². The van der Waals surface area contributed by atoms with Gasteiger partial charge in [0.1, 0.15) is 12.3 Å². The molecule has 1 amide bonds. The number of nitro benzene ring substituents is 1. The number of rotatable bonds is 6. The third-order valence-corrected chi connectivity index (χ3v) is 4.84. The summed E-state index contributed by atoms with van der Waals surface area (Å²) in [5.74, 6) is -1.41. The van der Waals surface area contributed by atoms with Crippen molar-refractivity contribution in [3.05, 3.63) is 63.4 Å². The van der Waals surface area contributed by atoms with Crippen LogP contribution in [0.15, 0.2) is 47.7 Å². The fourth-order valence-corrected chi connectivity index (χ4v) is 3.57. The van der Waals surface area contributed by atoms with Gasteiger partial charge < -0.3 is 14.7 Å². The number of carbonyl (C=O) groups is 2. The Labute approximate surface area is 155 Å². The standard InChI is InChI=1S/C19H20N2O6/c1-3-4-13-9-15-16(11(2)22)18(23)20(15)17(13)19(24)27-10-12-5-7-14(8-6-12)21(25)26/h3-8,11,15-16,22H,9-10H2,1-2H3/t11-,15-,16-/m1/s1. The summed E-state index contributed by atoms with van der Waals surface area (Å²) in [6.45, 7) is 3.33. The van der Waals surface area contributed by atoms with E-state index in [-0.39, 0.29) is 29.9 Å². The van der Waals surface area contributed by atoms with E-state index < -0.39 is 22.9 Å². The molecule has 0 spiro atoms. The number of hydrogen-bond acceptors (Lipinski definition) is 6. The molecular formula is C19H20N2O6. The van der Waals surface area contributed by atoms with Crippen molar-refractivity contribution in [2.45, 2.75) is 39.0 Å². The highest BCUT2D eigenvalue weighted by Gasteiger charge is 2.56. The Hall–Kier alpha value is -3.00. The second kappa shape index (κ2) is 7.32. The molecule has 3 rings (SSSR count). The number of aliphatic hydroxyl groups is 1. The highest BCUT2D eigenvalue weighted by Crippen LogP contribution is 2.44. The number of non-ortho nitro benzene ring substituents is 1. The molecule has 142 valence electrons. The zero-order valence-corrected chi connectivity index (χ0v) is 15.0.